The Hall–Kier alpha value is -3.96. The van der Waals surface area contributed by atoms with Crippen molar-refractivity contribution in [3.05, 3.63) is 107 Å². The molecule has 0 radical (unpaired) electrons. The molecule has 0 fully saturated rings. The number of ether oxygens (including phenoxy) is 2. The van der Waals surface area contributed by atoms with Crippen molar-refractivity contribution in [1.82, 2.24) is 9.97 Å². The predicted octanol–water partition coefficient (Wildman–Crippen LogP) is 5.98. The molecule has 0 amide bonds. The van der Waals surface area contributed by atoms with Crippen molar-refractivity contribution < 1.29 is 14.3 Å². The molecular weight excluding hydrogens is 412 g/mol. The zero-order valence-electron chi connectivity index (χ0n) is 18.6. The minimum atomic E-state index is -0.104. The summed E-state index contributed by atoms with van der Waals surface area (Å²) in [4.78, 5) is 21.4. The first-order valence-electron chi connectivity index (χ1n) is 10.8. The number of fused-ring (bicyclic) bond motifs is 3. The molecule has 0 aliphatic rings. The normalized spacial score (nSPS) is 11.2. The lowest BCUT2D eigenvalue weighted by molar-refractivity contribution is 0.102. The van der Waals surface area contributed by atoms with Crippen LogP contribution in [0, 0.1) is 6.92 Å². The molecule has 5 nitrogen and oxygen atoms in total. The Bertz CT molecular complexity index is 1450. The van der Waals surface area contributed by atoms with Gasteiger partial charge in [0.05, 0.1) is 18.3 Å². The summed E-state index contributed by atoms with van der Waals surface area (Å²) in [6.45, 7) is 2.70. The van der Waals surface area contributed by atoms with Crippen molar-refractivity contribution >= 4 is 27.6 Å². The third-order valence-corrected chi connectivity index (χ3v) is 5.85. The van der Waals surface area contributed by atoms with Gasteiger partial charge in [-0.2, -0.15) is 0 Å². The second-order valence-electron chi connectivity index (χ2n) is 8.06. The van der Waals surface area contributed by atoms with Gasteiger partial charge in [-0.15, -0.1) is 0 Å². The summed E-state index contributed by atoms with van der Waals surface area (Å²) in [5.74, 6) is 0.659. The number of hydrogen-bond acceptors (Lipinski definition) is 4. The predicted molar refractivity (Wildman–Crippen MR) is 130 cm³/mol. The number of nitrogens with zero attached hydrogens (tertiary/aromatic N) is 1. The Morgan fingerprint density at radius 1 is 0.939 bits per heavy atom. The van der Waals surface area contributed by atoms with Crippen molar-refractivity contribution in [3.63, 3.8) is 0 Å². The number of aromatic nitrogens is 2. The van der Waals surface area contributed by atoms with Gasteiger partial charge >= 0.3 is 0 Å². The van der Waals surface area contributed by atoms with Gasteiger partial charge in [0.25, 0.3) is 0 Å². The van der Waals surface area contributed by atoms with Gasteiger partial charge in [-0.05, 0) is 36.2 Å². The highest BCUT2D eigenvalue weighted by Crippen LogP contribution is 2.33. The number of ketones is 1. The highest BCUT2D eigenvalue weighted by molar-refractivity contribution is 6.15. The Kier molecular flexibility index (Phi) is 5.63. The van der Waals surface area contributed by atoms with Crippen LogP contribution in [0.5, 0.6) is 5.75 Å². The lowest BCUT2D eigenvalue weighted by Crippen LogP contribution is -2.10. The molecule has 5 aromatic rings. The summed E-state index contributed by atoms with van der Waals surface area (Å²) in [6.07, 6.45) is 1.73. The van der Waals surface area contributed by atoms with E-state index in [9.17, 15) is 4.79 Å². The molecule has 2 heterocycles. The monoisotopic (exact) mass is 436 g/mol. The van der Waals surface area contributed by atoms with Crippen molar-refractivity contribution in [2.75, 3.05) is 7.11 Å². The van der Waals surface area contributed by atoms with E-state index < -0.39 is 0 Å². The molecule has 0 aliphatic heterocycles. The summed E-state index contributed by atoms with van der Waals surface area (Å²) >= 11 is 0. The van der Waals surface area contributed by atoms with Gasteiger partial charge < -0.3 is 14.5 Å². The Morgan fingerprint density at radius 2 is 1.73 bits per heavy atom. The molecule has 164 valence electrons. The molecule has 0 bridgehead atoms. The summed E-state index contributed by atoms with van der Waals surface area (Å²) in [7, 11) is 1.63. The lowest BCUT2D eigenvalue weighted by Gasteiger charge is -2.11. The number of H-pyrrole nitrogens is 1. The molecule has 0 spiro atoms. The third-order valence-electron chi connectivity index (χ3n) is 5.85. The number of nitrogens with one attached hydrogen (secondary N) is 1. The van der Waals surface area contributed by atoms with Gasteiger partial charge in [0.1, 0.15) is 18.1 Å². The van der Waals surface area contributed by atoms with E-state index in [2.05, 4.69) is 9.97 Å². The number of pyridine rings is 1. The minimum Gasteiger partial charge on any atom is -0.489 e. The van der Waals surface area contributed by atoms with Crippen LogP contribution < -0.4 is 4.74 Å². The van der Waals surface area contributed by atoms with Crippen LogP contribution in [0.3, 0.4) is 0 Å². The molecule has 0 atom stereocenters. The Balaban J connectivity index is 1.61. The molecule has 5 heteroatoms. The number of carbonyl (C=O) groups is 1. The van der Waals surface area contributed by atoms with Gasteiger partial charge in [0.15, 0.2) is 0 Å². The van der Waals surface area contributed by atoms with E-state index in [1.165, 1.54) is 0 Å². The van der Waals surface area contributed by atoms with E-state index in [-0.39, 0.29) is 12.4 Å². The summed E-state index contributed by atoms with van der Waals surface area (Å²) in [5, 5.41) is 1.91. The second kappa shape index (κ2) is 8.88. The third kappa shape index (κ3) is 3.99. The Labute approximate surface area is 192 Å². The summed E-state index contributed by atoms with van der Waals surface area (Å²) in [5.41, 5.74) is 5.67. The average Bonchev–Trinajstić information content (AvgIpc) is 3.22. The largest absolute Gasteiger partial charge is 0.489 e. The molecule has 5 rings (SSSR count). The zero-order valence-corrected chi connectivity index (χ0v) is 18.6. The van der Waals surface area contributed by atoms with Crippen molar-refractivity contribution in [2.45, 2.75) is 20.1 Å². The summed E-state index contributed by atoms with van der Waals surface area (Å²) in [6, 6.07) is 23.6. The number of rotatable bonds is 7. The molecule has 3 aromatic carbocycles. The van der Waals surface area contributed by atoms with E-state index in [4.69, 9.17) is 9.47 Å². The molecule has 0 saturated carbocycles. The molecule has 0 unspecified atom stereocenters. The molecule has 0 saturated heterocycles. The highest BCUT2D eigenvalue weighted by atomic mass is 16.5. The topological polar surface area (TPSA) is 64.2 Å². The van der Waals surface area contributed by atoms with Crippen LogP contribution in [0.2, 0.25) is 0 Å². The van der Waals surface area contributed by atoms with Crippen LogP contribution in [0.25, 0.3) is 21.8 Å². The van der Waals surface area contributed by atoms with Crippen LogP contribution in [0.1, 0.15) is 32.7 Å². The van der Waals surface area contributed by atoms with Gasteiger partial charge in [-0.3, -0.25) is 9.78 Å². The fraction of sp³-hybridized carbons (Fsp3) is 0.143. The first-order chi connectivity index (χ1) is 16.2. The lowest BCUT2D eigenvalue weighted by atomic mass is 9.97. The fourth-order valence-electron chi connectivity index (χ4n) is 4.21. The van der Waals surface area contributed by atoms with Crippen molar-refractivity contribution in [3.8, 4) is 5.75 Å². The highest BCUT2D eigenvalue weighted by Gasteiger charge is 2.21. The quantitative estimate of drug-likeness (QED) is 0.319. The van der Waals surface area contributed by atoms with Crippen molar-refractivity contribution in [1.29, 1.82) is 0 Å². The molecule has 1 N–H and O–H groups in total. The number of carbonyl (C=O) groups excluding carboxylic acids is 1. The molecule has 2 aromatic heterocycles. The maximum absolute atomic E-state index is 13.4. The molecular formula is C28H24N2O3. The van der Waals surface area contributed by atoms with E-state index >= 15 is 0 Å². The second-order valence-corrected chi connectivity index (χ2v) is 8.06. The number of hydrogen-bond donors (Lipinski definition) is 1. The standard InChI is InChI=1S/C28H24N2O3/c1-18-8-6-7-11-21(18)28(31)27-23(17-32-2)26-22-14-20(33-16-19-9-4-3-5-10-19)12-13-24(22)30-25(26)15-29-27/h3-15,30H,16-17H2,1-2H3. The van der Waals surface area contributed by atoms with Crippen LogP contribution in [-0.2, 0) is 18.0 Å². The first kappa shape index (κ1) is 20.9. The smallest absolute Gasteiger partial charge is 0.211 e. The van der Waals surface area contributed by atoms with E-state index in [1.807, 2.05) is 79.7 Å². The number of methoxy groups -OCH3 is 1. The van der Waals surface area contributed by atoms with Crippen LogP contribution in [0.4, 0.5) is 0 Å². The van der Waals surface area contributed by atoms with Gasteiger partial charge in [-0.1, -0.05) is 54.6 Å². The number of benzene rings is 3. The summed E-state index contributed by atoms with van der Waals surface area (Å²) < 4.78 is 11.6. The first-order valence-corrected chi connectivity index (χ1v) is 10.8. The average molecular weight is 437 g/mol. The van der Waals surface area contributed by atoms with Gasteiger partial charge in [0.2, 0.25) is 5.78 Å². The van der Waals surface area contributed by atoms with E-state index in [0.717, 1.165) is 44.2 Å². The van der Waals surface area contributed by atoms with Gasteiger partial charge in [-0.25, -0.2) is 0 Å². The van der Waals surface area contributed by atoms with E-state index in [0.29, 0.717) is 17.9 Å². The van der Waals surface area contributed by atoms with E-state index in [1.54, 1.807) is 13.3 Å². The molecule has 33 heavy (non-hydrogen) atoms. The van der Waals surface area contributed by atoms with Crippen LogP contribution >= 0.6 is 0 Å². The van der Waals surface area contributed by atoms with Gasteiger partial charge in [0, 0.05) is 34.5 Å². The minimum absolute atomic E-state index is 0.104. The van der Waals surface area contributed by atoms with Crippen LogP contribution in [-0.4, -0.2) is 22.9 Å². The fourth-order valence-corrected chi connectivity index (χ4v) is 4.21. The van der Waals surface area contributed by atoms with Crippen LogP contribution in [0.15, 0.2) is 79.0 Å². The number of aromatic amines is 1. The maximum Gasteiger partial charge on any atom is 0.211 e. The zero-order chi connectivity index (χ0) is 22.8. The number of aryl methyl sites for hydroxylation is 1. The maximum atomic E-state index is 13.4. The SMILES string of the molecule is COCc1c(C(=O)c2ccccc2C)ncc2[nH]c3ccc(OCc4ccccc4)cc3c12. The van der Waals surface area contributed by atoms with Crippen molar-refractivity contribution in [2.24, 2.45) is 0 Å². The Morgan fingerprint density at radius 3 is 2.52 bits per heavy atom. The molecule has 0 aliphatic carbocycles.